The van der Waals surface area contributed by atoms with Gasteiger partial charge in [-0.1, -0.05) is 30.2 Å². The molecule has 0 saturated heterocycles. The molecule has 35 heavy (non-hydrogen) atoms. The molecule has 0 fully saturated rings. The van der Waals surface area contributed by atoms with Crippen molar-refractivity contribution in [2.75, 3.05) is 13.2 Å². The van der Waals surface area contributed by atoms with Gasteiger partial charge in [-0.05, 0) is 79.9 Å². The number of unbranched alkanes of at least 4 members (excludes halogenated alkanes) is 2. The van der Waals surface area contributed by atoms with Crippen LogP contribution in [0.15, 0.2) is 72.8 Å². The highest BCUT2D eigenvalue weighted by atomic mass is 35.5. The monoisotopic (exact) mass is 493 g/mol. The molecule has 0 radical (unpaired) electrons. The summed E-state index contributed by atoms with van der Waals surface area (Å²) in [6.45, 7) is 2.03. The lowest BCUT2D eigenvalue weighted by Crippen LogP contribution is -2.24. The number of nitrogens with zero attached hydrogens (tertiary/aromatic N) is 2. The van der Waals surface area contributed by atoms with Crippen molar-refractivity contribution >= 4 is 28.5 Å². The largest absolute Gasteiger partial charge is 0.494 e. The van der Waals surface area contributed by atoms with Crippen LogP contribution in [0.4, 0.5) is 4.39 Å². The van der Waals surface area contributed by atoms with Gasteiger partial charge in [0.1, 0.15) is 17.4 Å². The van der Waals surface area contributed by atoms with Gasteiger partial charge >= 0.3 is 0 Å². The highest BCUT2D eigenvalue weighted by molar-refractivity contribution is 6.30. The van der Waals surface area contributed by atoms with Gasteiger partial charge in [0, 0.05) is 30.1 Å². The van der Waals surface area contributed by atoms with E-state index in [9.17, 15) is 9.18 Å². The summed E-state index contributed by atoms with van der Waals surface area (Å²) in [5, 5.41) is 3.59. The topological polar surface area (TPSA) is 56.2 Å². The number of imidazole rings is 1. The number of halogens is 2. The fourth-order valence-corrected chi connectivity index (χ4v) is 4.13. The molecule has 1 amide bonds. The first-order valence-electron chi connectivity index (χ1n) is 12.0. The van der Waals surface area contributed by atoms with Crippen LogP contribution in [0.25, 0.3) is 11.0 Å². The average Bonchev–Trinajstić information content (AvgIpc) is 3.22. The lowest BCUT2D eigenvalue weighted by molar-refractivity contribution is 0.0953. The highest BCUT2D eigenvalue weighted by Crippen LogP contribution is 2.19. The minimum absolute atomic E-state index is 0.174. The lowest BCUT2D eigenvalue weighted by Gasteiger charge is -2.11. The third-order valence-electron chi connectivity index (χ3n) is 5.81. The van der Waals surface area contributed by atoms with Gasteiger partial charge in [0.25, 0.3) is 5.91 Å². The van der Waals surface area contributed by atoms with Crippen molar-refractivity contribution in [2.45, 2.75) is 38.6 Å². The minimum Gasteiger partial charge on any atom is -0.494 e. The van der Waals surface area contributed by atoms with E-state index in [1.165, 1.54) is 24.3 Å². The van der Waals surface area contributed by atoms with Crippen LogP contribution in [-0.4, -0.2) is 28.6 Å². The van der Waals surface area contributed by atoms with E-state index >= 15 is 0 Å². The molecule has 7 heteroatoms. The predicted molar refractivity (Wildman–Crippen MR) is 138 cm³/mol. The van der Waals surface area contributed by atoms with Crippen molar-refractivity contribution in [3.63, 3.8) is 0 Å². The van der Waals surface area contributed by atoms with Crippen molar-refractivity contribution in [1.82, 2.24) is 14.9 Å². The molecular formula is C28H29ClFN3O2. The second kappa shape index (κ2) is 12.4. The SMILES string of the molecule is O=C(NCCCCCc1nc2ccccc2n1CCCOc1ccc(Cl)cc1)c1ccc(F)cc1. The molecule has 1 aromatic heterocycles. The Morgan fingerprint density at radius 3 is 2.51 bits per heavy atom. The van der Waals surface area contributed by atoms with Crippen LogP contribution in [0.3, 0.4) is 0 Å². The summed E-state index contributed by atoms with van der Waals surface area (Å²) >= 11 is 5.93. The van der Waals surface area contributed by atoms with Gasteiger partial charge in [-0.25, -0.2) is 9.37 Å². The van der Waals surface area contributed by atoms with Gasteiger partial charge in [0.05, 0.1) is 17.6 Å². The van der Waals surface area contributed by atoms with Crippen molar-refractivity contribution in [3.8, 4) is 5.75 Å². The molecule has 0 atom stereocenters. The van der Waals surface area contributed by atoms with E-state index in [0.29, 0.717) is 23.7 Å². The quantitative estimate of drug-likeness (QED) is 0.231. The molecular weight excluding hydrogens is 465 g/mol. The number of fused-ring (bicyclic) bond motifs is 1. The van der Waals surface area contributed by atoms with E-state index in [0.717, 1.165) is 61.3 Å². The molecule has 0 bridgehead atoms. The van der Waals surface area contributed by atoms with Gasteiger partial charge in [-0.15, -0.1) is 0 Å². The van der Waals surface area contributed by atoms with Crippen molar-refractivity contribution in [3.05, 3.63) is 95.0 Å². The van der Waals surface area contributed by atoms with E-state index < -0.39 is 0 Å². The molecule has 1 N–H and O–H groups in total. The van der Waals surface area contributed by atoms with Gasteiger partial charge in [-0.2, -0.15) is 0 Å². The fourth-order valence-electron chi connectivity index (χ4n) is 4.00. The van der Waals surface area contributed by atoms with Gasteiger partial charge < -0.3 is 14.6 Å². The van der Waals surface area contributed by atoms with Gasteiger partial charge in [-0.3, -0.25) is 4.79 Å². The number of carbonyl (C=O) groups is 1. The number of rotatable bonds is 12. The number of hydrogen-bond donors (Lipinski definition) is 1. The fraction of sp³-hybridized carbons (Fsp3) is 0.286. The van der Waals surface area contributed by atoms with Crippen LogP contribution in [0.2, 0.25) is 5.02 Å². The van der Waals surface area contributed by atoms with E-state index in [1.54, 1.807) is 0 Å². The maximum Gasteiger partial charge on any atom is 0.251 e. The molecule has 182 valence electrons. The summed E-state index contributed by atoms with van der Waals surface area (Å²) in [5.41, 5.74) is 2.62. The summed E-state index contributed by atoms with van der Waals surface area (Å²) in [7, 11) is 0. The first kappa shape index (κ1) is 24.7. The number of aromatic nitrogens is 2. The zero-order valence-electron chi connectivity index (χ0n) is 19.6. The Morgan fingerprint density at radius 2 is 1.71 bits per heavy atom. The number of hydrogen-bond acceptors (Lipinski definition) is 3. The molecule has 5 nitrogen and oxygen atoms in total. The first-order chi connectivity index (χ1) is 17.1. The number of aryl methyl sites for hydroxylation is 2. The van der Waals surface area contributed by atoms with E-state index in [2.05, 4.69) is 16.0 Å². The highest BCUT2D eigenvalue weighted by Gasteiger charge is 2.10. The van der Waals surface area contributed by atoms with Crippen LogP contribution in [-0.2, 0) is 13.0 Å². The van der Waals surface area contributed by atoms with Crippen molar-refractivity contribution < 1.29 is 13.9 Å². The molecule has 0 aliphatic rings. The van der Waals surface area contributed by atoms with Gasteiger partial charge in [0.2, 0.25) is 0 Å². The molecule has 3 aromatic carbocycles. The van der Waals surface area contributed by atoms with E-state index in [1.807, 2.05) is 42.5 Å². The smallest absolute Gasteiger partial charge is 0.251 e. The zero-order valence-corrected chi connectivity index (χ0v) is 20.3. The third-order valence-corrected chi connectivity index (χ3v) is 6.06. The Kier molecular flexibility index (Phi) is 8.74. The van der Waals surface area contributed by atoms with E-state index in [4.69, 9.17) is 21.3 Å². The molecule has 0 unspecified atom stereocenters. The van der Waals surface area contributed by atoms with Crippen LogP contribution in [0.1, 0.15) is 41.9 Å². The van der Waals surface area contributed by atoms with Crippen LogP contribution < -0.4 is 10.1 Å². The maximum atomic E-state index is 13.0. The van der Waals surface area contributed by atoms with Crippen molar-refractivity contribution in [2.24, 2.45) is 0 Å². The molecule has 0 aliphatic heterocycles. The second-order valence-corrected chi connectivity index (χ2v) is 8.83. The summed E-state index contributed by atoms with van der Waals surface area (Å²) in [5.74, 6) is 1.37. The lowest BCUT2D eigenvalue weighted by atomic mass is 10.1. The normalized spacial score (nSPS) is 11.0. The summed E-state index contributed by atoms with van der Waals surface area (Å²) < 4.78 is 21.1. The maximum absolute atomic E-state index is 13.0. The zero-order chi connectivity index (χ0) is 24.5. The summed E-state index contributed by atoms with van der Waals surface area (Å²) in [4.78, 5) is 17.0. The third kappa shape index (κ3) is 7.06. The number of nitrogens with one attached hydrogen (secondary N) is 1. The van der Waals surface area contributed by atoms with Crippen LogP contribution >= 0.6 is 11.6 Å². The number of benzene rings is 3. The number of amides is 1. The van der Waals surface area contributed by atoms with E-state index in [-0.39, 0.29) is 11.7 Å². The Balaban J connectivity index is 1.23. The Hall–Kier alpha value is -3.38. The molecule has 4 aromatic rings. The average molecular weight is 494 g/mol. The number of ether oxygens (including phenoxy) is 1. The molecule has 4 rings (SSSR count). The summed E-state index contributed by atoms with van der Waals surface area (Å²) in [6.07, 6.45) is 4.58. The number of carbonyl (C=O) groups excluding carboxylic acids is 1. The standard InChI is InChI=1S/C28H29ClFN3O2/c29-22-12-16-24(17-13-22)35-20-6-19-33-26-8-4-3-7-25(26)32-27(33)9-2-1-5-18-31-28(34)21-10-14-23(30)15-11-21/h3-4,7-8,10-17H,1-2,5-6,9,18-20H2,(H,31,34). The second-order valence-electron chi connectivity index (χ2n) is 8.40. The molecule has 0 spiro atoms. The number of para-hydroxylation sites is 2. The Bertz CT molecular complexity index is 1240. The summed E-state index contributed by atoms with van der Waals surface area (Å²) in [6, 6.07) is 21.2. The van der Waals surface area contributed by atoms with Crippen molar-refractivity contribution in [1.29, 1.82) is 0 Å². The predicted octanol–water partition coefficient (Wildman–Crippen LogP) is 6.44. The Morgan fingerprint density at radius 1 is 0.943 bits per heavy atom. The minimum atomic E-state index is -0.346. The molecule has 0 saturated carbocycles. The van der Waals surface area contributed by atoms with Crippen LogP contribution in [0, 0.1) is 5.82 Å². The molecule has 1 heterocycles. The first-order valence-corrected chi connectivity index (χ1v) is 12.3. The Labute approximate surface area is 209 Å². The van der Waals surface area contributed by atoms with Gasteiger partial charge in [0.15, 0.2) is 0 Å². The molecule has 0 aliphatic carbocycles. The van der Waals surface area contributed by atoms with Crippen LogP contribution in [0.5, 0.6) is 5.75 Å².